The van der Waals surface area contributed by atoms with E-state index in [-0.39, 0.29) is 17.8 Å². The molecule has 0 spiro atoms. The Morgan fingerprint density at radius 1 is 1.30 bits per heavy atom. The van der Waals surface area contributed by atoms with Crippen LogP contribution in [0.25, 0.3) is 0 Å². The molecular weight excluding hydrogens is 411 g/mol. The summed E-state index contributed by atoms with van der Waals surface area (Å²) in [7, 11) is 1.72. The summed E-state index contributed by atoms with van der Waals surface area (Å²) in [6, 6.07) is 5.28. The fourth-order valence-corrected chi connectivity index (χ4v) is 4.16. The quantitative estimate of drug-likeness (QED) is 0.559. The summed E-state index contributed by atoms with van der Waals surface area (Å²) in [6.45, 7) is 2.02. The topological polar surface area (TPSA) is 56.7 Å². The summed E-state index contributed by atoms with van der Waals surface area (Å²) in [5, 5.41) is 6.61. The number of amides is 1. The average Bonchev–Trinajstić information content (AvgIpc) is 3.16. The predicted octanol–water partition coefficient (Wildman–Crippen LogP) is 3.43. The van der Waals surface area contributed by atoms with Gasteiger partial charge >= 0.3 is 0 Å². The van der Waals surface area contributed by atoms with Crippen LogP contribution in [0.5, 0.6) is 0 Å². The molecule has 2 N–H and O–H groups in total. The van der Waals surface area contributed by atoms with Crippen molar-refractivity contribution >= 4 is 27.8 Å². The molecule has 5 nitrogen and oxygen atoms in total. The molecule has 27 heavy (non-hydrogen) atoms. The molecule has 7 heteroatoms. The lowest BCUT2D eigenvalue weighted by Crippen LogP contribution is -2.45. The number of hydrogen-bond donors (Lipinski definition) is 2. The Morgan fingerprint density at radius 3 is 2.78 bits per heavy atom. The Labute approximate surface area is 168 Å². The van der Waals surface area contributed by atoms with Crippen LogP contribution in [0.15, 0.2) is 27.7 Å². The molecular formula is C20H28BrFN4O. The normalized spacial score (nSPS) is 21.4. The van der Waals surface area contributed by atoms with E-state index in [9.17, 15) is 9.18 Å². The smallest absolute Gasteiger partial charge is 0.225 e. The van der Waals surface area contributed by atoms with Crippen molar-refractivity contribution in [1.29, 1.82) is 0 Å². The minimum absolute atomic E-state index is 0.199. The maximum absolute atomic E-state index is 13.6. The van der Waals surface area contributed by atoms with Crippen LogP contribution in [0.1, 0.15) is 44.1 Å². The highest BCUT2D eigenvalue weighted by molar-refractivity contribution is 9.10. The summed E-state index contributed by atoms with van der Waals surface area (Å²) in [5.74, 6) is 0.953. The zero-order valence-electron chi connectivity index (χ0n) is 15.8. The van der Waals surface area contributed by atoms with Crippen LogP contribution in [0.2, 0.25) is 0 Å². The van der Waals surface area contributed by atoms with Crippen LogP contribution in [0.3, 0.4) is 0 Å². The number of carbonyl (C=O) groups is 1. The van der Waals surface area contributed by atoms with Crippen LogP contribution in [-0.4, -0.2) is 42.9 Å². The number of carbonyl (C=O) groups excluding carboxylic acids is 1. The van der Waals surface area contributed by atoms with E-state index in [2.05, 4.69) is 31.6 Å². The van der Waals surface area contributed by atoms with Gasteiger partial charge in [0.25, 0.3) is 0 Å². The van der Waals surface area contributed by atoms with E-state index >= 15 is 0 Å². The lowest BCUT2D eigenvalue weighted by atomic mass is 9.88. The second-order valence-electron chi connectivity index (χ2n) is 7.42. The second-order valence-corrected chi connectivity index (χ2v) is 8.28. The zero-order valence-corrected chi connectivity index (χ0v) is 17.4. The van der Waals surface area contributed by atoms with Gasteiger partial charge in [0.05, 0.1) is 4.47 Å². The van der Waals surface area contributed by atoms with Crippen molar-refractivity contribution in [3.8, 4) is 0 Å². The van der Waals surface area contributed by atoms with E-state index in [1.54, 1.807) is 13.1 Å². The van der Waals surface area contributed by atoms with Crippen molar-refractivity contribution in [1.82, 2.24) is 15.5 Å². The van der Waals surface area contributed by atoms with Crippen molar-refractivity contribution in [2.75, 3.05) is 20.1 Å². The maximum Gasteiger partial charge on any atom is 0.225 e. The van der Waals surface area contributed by atoms with Crippen LogP contribution >= 0.6 is 15.9 Å². The van der Waals surface area contributed by atoms with Gasteiger partial charge in [-0.1, -0.05) is 25.3 Å². The molecule has 148 valence electrons. The Hall–Kier alpha value is -1.63. The molecule has 1 amide bonds. The first-order valence-electron chi connectivity index (χ1n) is 9.76. The fraction of sp³-hybridized carbons (Fsp3) is 0.600. The molecule has 1 heterocycles. The first-order valence-corrected chi connectivity index (χ1v) is 10.6. The molecule has 1 aromatic rings. The van der Waals surface area contributed by atoms with Crippen LogP contribution in [-0.2, 0) is 11.3 Å². The largest absolute Gasteiger partial charge is 0.352 e. The van der Waals surface area contributed by atoms with Gasteiger partial charge in [0.2, 0.25) is 5.91 Å². The minimum Gasteiger partial charge on any atom is -0.352 e. The fourth-order valence-electron chi connectivity index (χ4n) is 3.91. The van der Waals surface area contributed by atoms with Crippen LogP contribution < -0.4 is 10.6 Å². The highest BCUT2D eigenvalue weighted by atomic mass is 79.9. The number of nitrogens with one attached hydrogen (secondary N) is 2. The van der Waals surface area contributed by atoms with E-state index < -0.39 is 0 Å². The van der Waals surface area contributed by atoms with E-state index in [4.69, 9.17) is 0 Å². The first-order chi connectivity index (χ1) is 13.1. The molecule has 0 bridgehead atoms. The number of halogens is 2. The molecule has 1 aliphatic heterocycles. The van der Waals surface area contributed by atoms with Gasteiger partial charge in [-0.05, 0) is 52.9 Å². The van der Waals surface area contributed by atoms with E-state index in [1.807, 2.05) is 11.0 Å². The summed E-state index contributed by atoms with van der Waals surface area (Å²) in [5.41, 5.74) is 0.846. The van der Waals surface area contributed by atoms with Gasteiger partial charge in [-0.15, -0.1) is 0 Å². The van der Waals surface area contributed by atoms with E-state index in [1.165, 1.54) is 25.3 Å². The Balaban J connectivity index is 1.47. The third-order valence-corrected chi connectivity index (χ3v) is 6.11. The van der Waals surface area contributed by atoms with E-state index in [0.717, 1.165) is 37.9 Å². The number of rotatable bonds is 4. The van der Waals surface area contributed by atoms with Crippen molar-refractivity contribution < 1.29 is 9.18 Å². The number of nitrogens with zero attached hydrogens (tertiary/aromatic N) is 2. The SMILES string of the molecule is CN=C(NCc1ccc(Br)c(F)c1)NC1CCN(C(=O)C2CCCCC2)C1. The number of guanidine groups is 1. The standard InChI is InChI=1S/C20H28BrFN4O/c1-23-20(24-12-14-7-8-17(21)18(22)11-14)25-16-9-10-26(13-16)19(27)15-5-3-2-4-6-15/h7-8,11,15-16H,2-6,9-10,12-13H2,1H3,(H2,23,24,25). The average molecular weight is 439 g/mol. The number of hydrogen-bond acceptors (Lipinski definition) is 2. The number of benzene rings is 1. The van der Waals surface area contributed by atoms with Gasteiger partial charge in [0.15, 0.2) is 5.96 Å². The van der Waals surface area contributed by atoms with Crippen molar-refractivity contribution in [3.05, 3.63) is 34.1 Å². The highest BCUT2D eigenvalue weighted by Crippen LogP contribution is 2.26. The summed E-state index contributed by atoms with van der Waals surface area (Å²) < 4.78 is 14.1. The molecule has 1 saturated heterocycles. The Bertz CT molecular complexity index is 691. The third-order valence-electron chi connectivity index (χ3n) is 5.46. The third kappa shape index (κ3) is 5.43. The van der Waals surface area contributed by atoms with Gasteiger partial charge in [-0.3, -0.25) is 9.79 Å². The van der Waals surface area contributed by atoms with Crippen molar-refractivity contribution in [2.45, 2.75) is 51.1 Å². The first kappa shape index (κ1) is 20.1. The predicted molar refractivity (Wildman–Crippen MR) is 109 cm³/mol. The van der Waals surface area contributed by atoms with Gasteiger partial charge in [0.1, 0.15) is 5.82 Å². The monoisotopic (exact) mass is 438 g/mol. The minimum atomic E-state index is -0.273. The van der Waals surface area contributed by atoms with Gasteiger partial charge in [0, 0.05) is 38.6 Å². The molecule has 1 aromatic carbocycles. The van der Waals surface area contributed by atoms with Gasteiger partial charge < -0.3 is 15.5 Å². The molecule has 1 aliphatic carbocycles. The molecule has 2 fully saturated rings. The highest BCUT2D eigenvalue weighted by Gasteiger charge is 2.31. The summed E-state index contributed by atoms with van der Waals surface area (Å²) >= 11 is 3.16. The molecule has 1 saturated carbocycles. The van der Waals surface area contributed by atoms with E-state index in [0.29, 0.717) is 22.9 Å². The van der Waals surface area contributed by atoms with Crippen molar-refractivity contribution in [3.63, 3.8) is 0 Å². The van der Waals surface area contributed by atoms with Crippen molar-refractivity contribution in [2.24, 2.45) is 10.9 Å². The zero-order chi connectivity index (χ0) is 19.2. The van der Waals surface area contributed by atoms with Crippen LogP contribution in [0, 0.1) is 11.7 Å². The summed E-state index contributed by atoms with van der Waals surface area (Å²) in [4.78, 5) is 18.9. The molecule has 2 aliphatic rings. The molecule has 1 unspecified atom stereocenters. The molecule has 3 rings (SSSR count). The van der Waals surface area contributed by atoms with Gasteiger partial charge in [-0.25, -0.2) is 4.39 Å². The lowest BCUT2D eigenvalue weighted by Gasteiger charge is -2.26. The lowest BCUT2D eigenvalue weighted by molar-refractivity contribution is -0.135. The summed E-state index contributed by atoms with van der Waals surface area (Å²) in [6.07, 6.45) is 6.63. The Kier molecular flexibility index (Phi) is 7.10. The number of likely N-dealkylation sites (tertiary alicyclic amines) is 1. The second kappa shape index (κ2) is 9.53. The maximum atomic E-state index is 13.6. The van der Waals surface area contributed by atoms with Crippen LogP contribution in [0.4, 0.5) is 4.39 Å². The molecule has 0 aromatic heterocycles. The van der Waals surface area contributed by atoms with Gasteiger partial charge in [-0.2, -0.15) is 0 Å². The Morgan fingerprint density at radius 2 is 2.07 bits per heavy atom. The molecule has 1 atom stereocenters. The molecule has 0 radical (unpaired) electrons. The number of aliphatic imine (C=N–C) groups is 1.